The molecule has 0 atom stereocenters. The van der Waals surface area contributed by atoms with Crippen LogP contribution in [0.5, 0.6) is 0 Å². The van der Waals surface area contributed by atoms with Gasteiger partial charge in [-0.05, 0) is 18.2 Å². The number of aliphatic imine (C=N–C) groups is 1. The second-order valence-electron chi connectivity index (χ2n) is 4.17. The zero-order valence-electron chi connectivity index (χ0n) is 11.6. The molecule has 8 heteroatoms. The smallest absolute Gasteiger partial charge is 0.193 e. The highest BCUT2D eigenvalue weighted by atomic mass is 127. The van der Waals surface area contributed by atoms with Crippen LogP contribution in [0.3, 0.4) is 0 Å². The number of halogens is 3. The van der Waals surface area contributed by atoms with E-state index in [1.165, 1.54) is 6.20 Å². The molecule has 2 aromatic rings. The van der Waals surface area contributed by atoms with Crippen molar-refractivity contribution in [1.82, 2.24) is 4.98 Å². The minimum absolute atomic E-state index is 0. The Kier molecular flexibility index (Phi) is 8.29. The van der Waals surface area contributed by atoms with Gasteiger partial charge in [0.15, 0.2) is 5.96 Å². The summed E-state index contributed by atoms with van der Waals surface area (Å²) in [6.07, 6.45) is 1.53. The van der Waals surface area contributed by atoms with Gasteiger partial charge in [-0.15, -0.1) is 24.0 Å². The maximum atomic E-state index is 6.00. The zero-order valence-corrected chi connectivity index (χ0v) is 15.4. The Morgan fingerprint density at radius 3 is 2.64 bits per heavy atom. The van der Waals surface area contributed by atoms with E-state index in [0.717, 1.165) is 5.69 Å². The van der Waals surface area contributed by atoms with Crippen molar-refractivity contribution in [2.45, 2.75) is 0 Å². The van der Waals surface area contributed by atoms with Gasteiger partial charge in [0, 0.05) is 18.4 Å². The molecule has 118 valence electrons. The topological polar surface area (TPSA) is 75.3 Å². The minimum atomic E-state index is 0. The van der Waals surface area contributed by atoms with Crippen molar-refractivity contribution in [2.75, 3.05) is 23.7 Å². The van der Waals surface area contributed by atoms with Crippen LogP contribution < -0.4 is 16.4 Å². The summed E-state index contributed by atoms with van der Waals surface area (Å²) < 4.78 is 0. The molecule has 0 fully saturated rings. The summed E-state index contributed by atoms with van der Waals surface area (Å²) in [5.74, 6) is 0.934. The van der Waals surface area contributed by atoms with Crippen LogP contribution in [0.2, 0.25) is 10.0 Å². The van der Waals surface area contributed by atoms with Crippen molar-refractivity contribution in [3.05, 3.63) is 52.6 Å². The summed E-state index contributed by atoms with van der Waals surface area (Å²) in [5, 5.41) is 7.04. The predicted octanol–water partition coefficient (Wildman–Crippen LogP) is 3.85. The first-order valence-electron chi connectivity index (χ1n) is 6.32. The summed E-state index contributed by atoms with van der Waals surface area (Å²) in [7, 11) is 0. The fourth-order valence-electron chi connectivity index (χ4n) is 1.60. The second-order valence-corrected chi connectivity index (χ2v) is 5.01. The van der Waals surface area contributed by atoms with Gasteiger partial charge in [-0.3, -0.25) is 4.99 Å². The van der Waals surface area contributed by atoms with Gasteiger partial charge in [-0.1, -0.05) is 41.4 Å². The number of hydrogen-bond acceptors (Lipinski definition) is 3. The number of rotatable bonds is 5. The van der Waals surface area contributed by atoms with Gasteiger partial charge in [0.05, 0.1) is 16.6 Å². The number of nitrogens with two attached hydrogens (primary N) is 1. The summed E-state index contributed by atoms with van der Waals surface area (Å²) in [5.41, 5.74) is 6.68. The molecule has 0 unspecified atom stereocenters. The molecule has 1 aromatic carbocycles. The van der Waals surface area contributed by atoms with Crippen molar-refractivity contribution >= 4 is 64.6 Å². The van der Waals surface area contributed by atoms with E-state index in [2.05, 4.69) is 20.6 Å². The molecule has 0 aliphatic heterocycles. The molecule has 0 aliphatic rings. The number of guanidine groups is 1. The minimum Gasteiger partial charge on any atom is -0.370 e. The SMILES string of the molecule is I.NC(=NCCNc1ncc(Cl)cc1Cl)Nc1ccccc1. The van der Waals surface area contributed by atoms with Crippen molar-refractivity contribution < 1.29 is 0 Å². The van der Waals surface area contributed by atoms with Gasteiger partial charge in [0.25, 0.3) is 0 Å². The Balaban J connectivity index is 0.00000242. The predicted molar refractivity (Wildman–Crippen MR) is 105 cm³/mol. The molecule has 1 aromatic heterocycles. The van der Waals surface area contributed by atoms with Crippen LogP contribution in [0.1, 0.15) is 0 Å². The Labute approximate surface area is 156 Å². The Morgan fingerprint density at radius 2 is 1.95 bits per heavy atom. The molecule has 0 saturated carbocycles. The highest BCUT2D eigenvalue weighted by Gasteiger charge is 2.01. The molecular weight excluding hydrogens is 436 g/mol. The van der Waals surface area contributed by atoms with E-state index < -0.39 is 0 Å². The molecule has 0 radical (unpaired) electrons. The summed E-state index contributed by atoms with van der Waals surface area (Å²) in [6.45, 7) is 1.05. The number of benzene rings is 1. The third-order valence-corrected chi connectivity index (χ3v) is 3.04. The van der Waals surface area contributed by atoms with Gasteiger partial charge < -0.3 is 16.4 Å². The lowest BCUT2D eigenvalue weighted by atomic mass is 10.3. The van der Waals surface area contributed by atoms with Crippen LogP contribution in [0, 0.1) is 0 Å². The van der Waals surface area contributed by atoms with E-state index in [9.17, 15) is 0 Å². The Morgan fingerprint density at radius 1 is 1.23 bits per heavy atom. The molecular formula is C14H16Cl2IN5. The maximum Gasteiger partial charge on any atom is 0.193 e. The summed E-state index contributed by atoms with van der Waals surface area (Å²) in [4.78, 5) is 8.30. The first kappa shape index (κ1) is 18.8. The molecule has 2 rings (SSSR count). The second kappa shape index (κ2) is 9.70. The average Bonchev–Trinajstić information content (AvgIpc) is 2.46. The number of hydrogen-bond donors (Lipinski definition) is 3. The number of aromatic nitrogens is 1. The molecule has 1 heterocycles. The van der Waals surface area contributed by atoms with Crippen molar-refractivity contribution in [1.29, 1.82) is 0 Å². The van der Waals surface area contributed by atoms with Crippen LogP contribution in [0.25, 0.3) is 0 Å². The molecule has 0 bridgehead atoms. The molecule has 0 saturated heterocycles. The van der Waals surface area contributed by atoms with Crippen molar-refractivity contribution in [3.63, 3.8) is 0 Å². The van der Waals surface area contributed by atoms with Crippen molar-refractivity contribution in [2.24, 2.45) is 10.7 Å². The van der Waals surface area contributed by atoms with Gasteiger partial charge in [-0.2, -0.15) is 0 Å². The number of anilines is 2. The van der Waals surface area contributed by atoms with E-state index in [1.807, 2.05) is 30.3 Å². The van der Waals surface area contributed by atoms with Crippen LogP contribution in [-0.2, 0) is 0 Å². The highest BCUT2D eigenvalue weighted by Crippen LogP contribution is 2.22. The van der Waals surface area contributed by atoms with Gasteiger partial charge in [-0.25, -0.2) is 4.98 Å². The van der Waals surface area contributed by atoms with E-state index in [0.29, 0.717) is 34.9 Å². The molecule has 5 nitrogen and oxygen atoms in total. The van der Waals surface area contributed by atoms with Crippen molar-refractivity contribution in [3.8, 4) is 0 Å². The third kappa shape index (κ3) is 6.25. The highest BCUT2D eigenvalue weighted by molar-refractivity contribution is 14.0. The Bertz CT molecular complexity index is 622. The lowest BCUT2D eigenvalue weighted by molar-refractivity contribution is 1.01. The van der Waals surface area contributed by atoms with Crippen LogP contribution in [0.4, 0.5) is 11.5 Å². The largest absolute Gasteiger partial charge is 0.370 e. The molecule has 22 heavy (non-hydrogen) atoms. The normalized spacial score (nSPS) is 10.7. The summed E-state index contributed by atoms with van der Waals surface area (Å²) >= 11 is 11.8. The zero-order chi connectivity index (χ0) is 15.1. The monoisotopic (exact) mass is 451 g/mol. The lowest BCUT2D eigenvalue weighted by Gasteiger charge is -2.07. The van der Waals surface area contributed by atoms with Gasteiger partial charge in [0.1, 0.15) is 5.82 Å². The van der Waals surface area contributed by atoms with E-state index in [1.54, 1.807) is 6.07 Å². The fourth-order valence-corrected chi connectivity index (χ4v) is 2.05. The fraction of sp³-hybridized carbons (Fsp3) is 0.143. The van der Waals surface area contributed by atoms with Crippen LogP contribution in [0.15, 0.2) is 47.6 Å². The molecule has 0 aliphatic carbocycles. The lowest BCUT2D eigenvalue weighted by Crippen LogP contribution is -2.23. The number of nitrogens with zero attached hydrogens (tertiary/aromatic N) is 2. The Hall–Kier alpha value is -1.25. The van der Waals surface area contributed by atoms with Gasteiger partial charge in [0.2, 0.25) is 0 Å². The maximum absolute atomic E-state index is 6.00. The standard InChI is InChI=1S/C14H15Cl2N5.HI/c15-10-8-12(16)13(20-9-10)18-6-7-19-14(17)21-11-4-2-1-3-5-11;/h1-5,8-9H,6-7H2,(H,18,20)(H3,17,19,21);1H. The third-order valence-electron chi connectivity index (χ3n) is 2.54. The molecule has 4 N–H and O–H groups in total. The first-order chi connectivity index (χ1) is 10.1. The summed E-state index contributed by atoms with van der Waals surface area (Å²) in [6, 6.07) is 11.2. The molecule has 0 amide bonds. The van der Waals surface area contributed by atoms with E-state index >= 15 is 0 Å². The van der Waals surface area contributed by atoms with E-state index in [-0.39, 0.29) is 24.0 Å². The molecule has 0 spiro atoms. The number of nitrogens with one attached hydrogen (secondary N) is 2. The number of para-hydroxylation sites is 1. The first-order valence-corrected chi connectivity index (χ1v) is 7.07. The van der Waals surface area contributed by atoms with Gasteiger partial charge >= 0.3 is 0 Å². The quantitative estimate of drug-likeness (QED) is 0.279. The van der Waals surface area contributed by atoms with Crippen LogP contribution >= 0.6 is 47.2 Å². The number of pyridine rings is 1. The van der Waals surface area contributed by atoms with E-state index in [4.69, 9.17) is 28.9 Å². The average molecular weight is 452 g/mol. The van der Waals surface area contributed by atoms with Crippen LogP contribution in [-0.4, -0.2) is 24.0 Å².